The summed E-state index contributed by atoms with van der Waals surface area (Å²) in [5.74, 6) is 0.710. The highest BCUT2D eigenvalue weighted by molar-refractivity contribution is 7.99. The lowest BCUT2D eigenvalue weighted by Gasteiger charge is -2.30. The molecule has 2 saturated heterocycles. The molecule has 2 amide bonds. The van der Waals surface area contributed by atoms with Gasteiger partial charge in [-0.1, -0.05) is 13.8 Å². The Kier molecular flexibility index (Phi) is 2.90. The smallest absolute Gasteiger partial charge is 0.240 e. The summed E-state index contributed by atoms with van der Waals surface area (Å²) in [6.07, 6.45) is 2.31. The molecule has 2 aliphatic rings. The molecule has 2 heterocycles. The quantitative estimate of drug-likeness (QED) is 0.744. The van der Waals surface area contributed by atoms with Crippen LogP contribution in [0.2, 0.25) is 0 Å². The molecule has 0 radical (unpaired) electrons. The monoisotopic (exact) mass is 242 g/mol. The van der Waals surface area contributed by atoms with Gasteiger partial charge in [0, 0.05) is 6.42 Å². The van der Waals surface area contributed by atoms with Crippen LogP contribution in [0.25, 0.3) is 0 Å². The first-order valence-electron chi connectivity index (χ1n) is 5.65. The first kappa shape index (κ1) is 11.8. The summed E-state index contributed by atoms with van der Waals surface area (Å²) in [7, 11) is 0. The van der Waals surface area contributed by atoms with Gasteiger partial charge in [0.15, 0.2) is 0 Å². The van der Waals surface area contributed by atoms with Gasteiger partial charge in [0.2, 0.25) is 11.8 Å². The van der Waals surface area contributed by atoms with E-state index in [1.165, 1.54) is 0 Å². The van der Waals surface area contributed by atoms with Crippen LogP contribution in [0.4, 0.5) is 0 Å². The van der Waals surface area contributed by atoms with Gasteiger partial charge in [0.1, 0.15) is 6.04 Å². The zero-order chi connectivity index (χ0) is 11.9. The molecule has 0 aromatic carbocycles. The molecule has 0 aliphatic carbocycles. The number of carbonyl (C=O) groups is 2. The Morgan fingerprint density at radius 3 is 2.88 bits per heavy atom. The molecule has 2 aliphatic heterocycles. The molecule has 0 spiro atoms. The van der Waals surface area contributed by atoms with Crippen LogP contribution in [-0.2, 0) is 9.59 Å². The Balaban J connectivity index is 2.33. The van der Waals surface area contributed by atoms with Crippen molar-refractivity contribution in [3.8, 4) is 0 Å². The van der Waals surface area contributed by atoms with Crippen LogP contribution in [-0.4, -0.2) is 33.9 Å². The van der Waals surface area contributed by atoms with E-state index in [2.05, 4.69) is 0 Å². The van der Waals surface area contributed by atoms with Crippen LogP contribution in [0.15, 0.2) is 0 Å². The molecule has 1 unspecified atom stereocenters. The highest BCUT2D eigenvalue weighted by Crippen LogP contribution is 2.45. The summed E-state index contributed by atoms with van der Waals surface area (Å²) in [5, 5.41) is 0.141. The number of carbonyl (C=O) groups excluding carboxylic acids is 2. The van der Waals surface area contributed by atoms with Gasteiger partial charge in [-0.3, -0.25) is 9.59 Å². The van der Waals surface area contributed by atoms with Crippen LogP contribution in [0.1, 0.15) is 33.1 Å². The average molecular weight is 242 g/mol. The second-order valence-corrected chi connectivity index (χ2v) is 6.51. The highest BCUT2D eigenvalue weighted by atomic mass is 32.2. The second-order valence-electron chi connectivity index (χ2n) is 5.23. The van der Waals surface area contributed by atoms with Crippen molar-refractivity contribution in [1.29, 1.82) is 0 Å². The van der Waals surface area contributed by atoms with E-state index in [9.17, 15) is 9.59 Å². The molecule has 4 nitrogen and oxygen atoms in total. The second kappa shape index (κ2) is 3.95. The van der Waals surface area contributed by atoms with Crippen LogP contribution in [0, 0.1) is 5.41 Å². The van der Waals surface area contributed by atoms with Crippen molar-refractivity contribution in [1.82, 2.24) is 4.90 Å². The lowest BCUT2D eigenvalue weighted by Crippen LogP contribution is -2.50. The van der Waals surface area contributed by atoms with Crippen LogP contribution in [0.5, 0.6) is 0 Å². The highest BCUT2D eigenvalue weighted by Gasteiger charge is 2.51. The normalized spacial score (nSPS) is 33.4. The summed E-state index contributed by atoms with van der Waals surface area (Å²) in [6, 6.07) is -0.435. The Morgan fingerprint density at radius 1 is 1.56 bits per heavy atom. The van der Waals surface area contributed by atoms with Gasteiger partial charge in [-0.2, -0.15) is 0 Å². The maximum Gasteiger partial charge on any atom is 0.240 e. The molecule has 5 heteroatoms. The van der Waals surface area contributed by atoms with Crippen molar-refractivity contribution in [2.24, 2.45) is 11.1 Å². The van der Waals surface area contributed by atoms with E-state index in [1.807, 2.05) is 13.8 Å². The number of nitrogens with two attached hydrogens (primary N) is 1. The Morgan fingerprint density at radius 2 is 2.25 bits per heavy atom. The van der Waals surface area contributed by atoms with Crippen molar-refractivity contribution < 1.29 is 9.59 Å². The summed E-state index contributed by atoms with van der Waals surface area (Å²) in [4.78, 5) is 25.3. The number of thioether (sulfide) groups is 1. The summed E-state index contributed by atoms with van der Waals surface area (Å²) in [6.45, 7) is 4.04. The fraction of sp³-hybridized carbons (Fsp3) is 0.818. The minimum Gasteiger partial charge on any atom is -0.368 e. The van der Waals surface area contributed by atoms with E-state index < -0.39 is 6.04 Å². The average Bonchev–Trinajstić information content (AvgIpc) is 2.32. The standard InChI is InChI=1S/C11H18N2O2S/c1-11(2)6-8-13(9(11)10(12)15)7(14)4-3-5-16-8/h8-9H,3-6H2,1-2H3,(H2,12,15)/t8?,9-/m1/s1. The summed E-state index contributed by atoms with van der Waals surface area (Å²) < 4.78 is 0. The molecule has 2 fully saturated rings. The van der Waals surface area contributed by atoms with Gasteiger partial charge in [0.25, 0.3) is 0 Å². The van der Waals surface area contributed by atoms with Gasteiger partial charge >= 0.3 is 0 Å². The number of primary amides is 1. The molecule has 0 aromatic rings. The SMILES string of the molecule is CC1(C)CC2SCCCC(=O)N2[C@@H]1C(N)=O. The van der Waals surface area contributed by atoms with Crippen molar-refractivity contribution in [3.05, 3.63) is 0 Å². The zero-order valence-corrected chi connectivity index (χ0v) is 10.5. The molecule has 16 heavy (non-hydrogen) atoms. The fourth-order valence-corrected chi connectivity index (χ4v) is 4.27. The number of nitrogens with zero attached hydrogens (tertiary/aromatic N) is 1. The minimum absolute atomic E-state index is 0.0874. The van der Waals surface area contributed by atoms with E-state index in [0.29, 0.717) is 6.42 Å². The van der Waals surface area contributed by atoms with Gasteiger partial charge in [-0.25, -0.2) is 0 Å². The van der Waals surface area contributed by atoms with Crippen LogP contribution < -0.4 is 5.73 Å². The molecule has 2 rings (SSSR count). The molecule has 0 saturated carbocycles. The van der Waals surface area contributed by atoms with Gasteiger partial charge in [-0.05, 0) is 24.0 Å². The number of fused-ring (bicyclic) bond motifs is 1. The lowest BCUT2D eigenvalue weighted by atomic mass is 9.84. The van der Waals surface area contributed by atoms with Crippen molar-refractivity contribution in [2.75, 3.05) is 5.75 Å². The van der Waals surface area contributed by atoms with Gasteiger partial charge in [0.05, 0.1) is 5.37 Å². The summed E-state index contributed by atoms with van der Waals surface area (Å²) in [5.41, 5.74) is 5.25. The van der Waals surface area contributed by atoms with E-state index >= 15 is 0 Å². The Labute approximate surface area is 99.9 Å². The maximum absolute atomic E-state index is 12.0. The Bertz CT molecular complexity index is 330. The fourth-order valence-electron chi connectivity index (χ4n) is 2.74. The first-order chi connectivity index (χ1) is 7.43. The topological polar surface area (TPSA) is 63.4 Å². The zero-order valence-electron chi connectivity index (χ0n) is 9.73. The molecule has 0 aromatic heterocycles. The van der Waals surface area contributed by atoms with Crippen LogP contribution >= 0.6 is 11.8 Å². The number of amides is 2. The van der Waals surface area contributed by atoms with Gasteiger partial charge < -0.3 is 10.6 Å². The van der Waals surface area contributed by atoms with E-state index in [-0.39, 0.29) is 22.6 Å². The number of rotatable bonds is 1. The van der Waals surface area contributed by atoms with Crippen molar-refractivity contribution >= 4 is 23.6 Å². The molecular formula is C11H18N2O2S. The van der Waals surface area contributed by atoms with E-state index in [0.717, 1.165) is 18.6 Å². The van der Waals surface area contributed by atoms with E-state index in [1.54, 1.807) is 16.7 Å². The lowest BCUT2D eigenvalue weighted by molar-refractivity contribution is -0.139. The maximum atomic E-state index is 12.0. The van der Waals surface area contributed by atoms with Crippen molar-refractivity contribution in [2.45, 2.75) is 44.5 Å². The largest absolute Gasteiger partial charge is 0.368 e. The minimum atomic E-state index is -0.435. The third-order valence-corrected chi connectivity index (χ3v) is 4.74. The predicted octanol–water partition coefficient (Wildman–Crippen LogP) is 0.952. The molecule has 2 atom stereocenters. The number of hydrogen-bond acceptors (Lipinski definition) is 3. The third-order valence-electron chi connectivity index (χ3n) is 3.43. The summed E-state index contributed by atoms with van der Waals surface area (Å²) >= 11 is 1.78. The molecular weight excluding hydrogens is 224 g/mol. The Hall–Kier alpha value is -0.710. The molecule has 2 N–H and O–H groups in total. The predicted molar refractivity (Wildman–Crippen MR) is 63.7 cm³/mol. The van der Waals surface area contributed by atoms with Gasteiger partial charge in [-0.15, -0.1) is 11.8 Å². The first-order valence-corrected chi connectivity index (χ1v) is 6.70. The number of hydrogen-bond donors (Lipinski definition) is 1. The van der Waals surface area contributed by atoms with Crippen LogP contribution in [0.3, 0.4) is 0 Å². The molecule has 90 valence electrons. The molecule has 0 bridgehead atoms. The van der Waals surface area contributed by atoms with E-state index in [4.69, 9.17) is 5.73 Å². The third kappa shape index (κ3) is 1.81. The van der Waals surface area contributed by atoms with Crippen molar-refractivity contribution in [3.63, 3.8) is 0 Å².